The molecule has 0 atom stereocenters. The third-order valence-corrected chi connectivity index (χ3v) is 2.23. The first-order chi connectivity index (χ1) is 8.47. The van der Waals surface area contributed by atoms with E-state index in [1.807, 2.05) is 0 Å². The second kappa shape index (κ2) is 5.65. The minimum Gasteiger partial charge on any atom is -0.398 e. The molecule has 0 heterocycles. The number of nitro groups is 1. The highest BCUT2D eigenvalue weighted by molar-refractivity contribution is 5.99. The van der Waals surface area contributed by atoms with Gasteiger partial charge >= 0.3 is 0 Å². The normalized spacial score (nSPS) is 9.56. The molecule has 0 bridgehead atoms. The zero-order chi connectivity index (χ0) is 13.7. The van der Waals surface area contributed by atoms with Gasteiger partial charge in [0, 0.05) is 25.1 Å². The Morgan fingerprint density at radius 3 is 2.72 bits per heavy atom. The van der Waals surface area contributed by atoms with Crippen molar-refractivity contribution in [1.29, 1.82) is 0 Å². The quantitative estimate of drug-likeness (QED) is 0.201. The fraction of sp³-hybridized carbons (Fsp3) is 0.182. The third-order valence-electron chi connectivity index (χ3n) is 2.23. The van der Waals surface area contributed by atoms with E-state index >= 15 is 0 Å². The first kappa shape index (κ1) is 13.5. The summed E-state index contributed by atoms with van der Waals surface area (Å²) in [4.78, 5) is 21.8. The molecule has 18 heavy (non-hydrogen) atoms. The number of rotatable bonds is 4. The average molecular weight is 248 g/mol. The topological polar surface area (TPSA) is 115 Å². The molecule has 0 aliphatic rings. The van der Waals surface area contributed by atoms with E-state index in [2.05, 4.69) is 5.92 Å². The maximum Gasteiger partial charge on any atom is 0.271 e. The van der Waals surface area contributed by atoms with E-state index in [1.165, 1.54) is 12.1 Å². The lowest BCUT2D eigenvalue weighted by Gasteiger charge is -2.16. The summed E-state index contributed by atoms with van der Waals surface area (Å²) in [6, 6.07) is 3.58. The molecule has 0 aliphatic heterocycles. The van der Waals surface area contributed by atoms with Crippen LogP contribution in [-0.4, -0.2) is 22.4 Å². The second-order valence-corrected chi connectivity index (χ2v) is 3.48. The number of carbonyl (C=O) groups excluding carboxylic acids is 1. The molecule has 1 aromatic carbocycles. The van der Waals surface area contributed by atoms with Crippen molar-refractivity contribution in [3.05, 3.63) is 33.9 Å². The van der Waals surface area contributed by atoms with Gasteiger partial charge in [0.05, 0.1) is 16.2 Å². The summed E-state index contributed by atoms with van der Waals surface area (Å²) in [7, 11) is 0. The van der Waals surface area contributed by atoms with Gasteiger partial charge in [-0.15, -0.1) is 12.3 Å². The smallest absolute Gasteiger partial charge is 0.271 e. The van der Waals surface area contributed by atoms with Gasteiger partial charge in [0.1, 0.15) is 0 Å². The summed E-state index contributed by atoms with van der Waals surface area (Å²) in [6.45, 7) is 0.186. The van der Waals surface area contributed by atoms with E-state index < -0.39 is 10.8 Å². The summed E-state index contributed by atoms with van der Waals surface area (Å²) < 4.78 is 0. The van der Waals surface area contributed by atoms with Crippen LogP contribution < -0.4 is 11.6 Å². The van der Waals surface area contributed by atoms with E-state index in [0.29, 0.717) is 6.42 Å². The largest absolute Gasteiger partial charge is 0.398 e. The van der Waals surface area contributed by atoms with Crippen LogP contribution in [0.2, 0.25) is 0 Å². The number of nitrogens with zero attached hydrogens (tertiary/aromatic N) is 2. The Balaban J connectivity index is 2.94. The highest BCUT2D eigenvalue weighted by atomic mass is 16.6. The average Bonchev–Trinajstić information content (AvgIpc) is 2.34. The minimum absolute atomic E-state index is 0.00496. The monoisotopic (exact) mass is 248 g/mol. The van der Waals surface area contributed by atoms with Crippen LogP contribution in [0.15, 0.2) is 18.2 Å². The Labute approximate surface area is 103 Å². The molecule has 4 N–H and O–H groups in total. The molecule has 0 aromatic heterocycles. The van der Waals surface area contributed by atoms with Crippen LogP contribution in [0.4, 0.5) is 11.4 Å². The van der Waals surface area contributed by atoms with Crippen molar-refractivity contribution in [2.24, 2.45) is 5.84 Å². The van der Waals surface area contributed by atoms with Gasteiger partial charge in [-0.1, -0.05) is 0 Å². The van der Waals surface area contributed by atoms with Gasteiger partial charge in [-0.2, -0.15) is 0 Å². The van der Waals surface area contributed by atoms with Crippen LogP contribution >= 0.6 is 0 Å². The van der Waals surface area contributed by atoms with E-state index in [9.17, 15) is 14.9 Å². The van der Waals surface area contributed by atoms with Gasteiger partial charge in [-0.25, -0.2) is 5.84 Å². The molecule has 94 valence electrons. The fourth-order valence-electron chi connectivity index (χ4n) is 1.30. The summed E-state index contributed by atoms with van der Waals surface area (Å²) in [5, 5.41) is 11.4. The highest BCUT2D eigenvalue weighted by Gasteiger charge is 2.17. The number of amides is 1. The molecule has 1 aromatic rings. The van der Waals surface area contributed by atoms with Gasteiger partial charge in [0.15, 0.2) is 0 Å². The maximum atomic E-state index is 11.8. The van der Waals surface area contributed by atoms with Crippen molar-refractivity contribution in [1.82, 2.24) is 5.01 Å². The molecule has 1 rings (SSSR count). The van der Waals surface area contributed by atoms with Crippen molar-refractivity contribution < 1.29 is 9.72 Å². The van der Waals surface area contributed by atoms with Crippen LogP contribution in [0.1, 0.15) is 16.8 Å². The molecular formula is C11H12N4O3. The van der Waals surface area contributed by atoms with Gasteiger partial charge < -0.3 is 5.73 Å². The van der Waals surface area contributed by atoms with Gasteiger partial charge in [-0.3, -0.25) is 19.9 Å². The number of nitrogen functional groups attached to an aromatic ring is 1. The van der Waals surface area contributed by atoms with E-state index in [1.54, 1.807) is 0 Å². The Kier molecular flexibility index (Phi) is 4.23. The Morgan fingerprint density at radius 1 is 1.56 bits per heavy atom. The number of benzene rings is 1. The molecule has 0 unspecified atom stereocenters. The van der Waals surface area contributed by atoms with Crippen molar-refractivity contribution >= 4 is 17.3 Å². The Bertz CT molecular complexity index is 522. The van der Waals surface area contributed by atoms with E-state index in [-0.39, 0.29) is 23.5 Å². The van der Waals surface area contributed by atoms with Crippen LogP contribution in [0, 0.1) is 22.5 Å². The fourth-order valence-corrected chi connectivity index (χ4v) is 1.30. The zero-order valence-electron chi connectivity index (χ0n) is 9.50. The Morgan fingerprint density at radius 2 is 2.22 bits per heavy atom. The molecule has 0 saturated heterocycles. The van der Waals surface area contributed by atoms with Crippen molar-refractivity contribution in [3.8, 4) is 12.3 Å². The van der Waals surface area contributed by atoms with Gasteiger partial charge in [0.2, 0.25) is 0 Å². The van der Waals surface area contributed by atoms with Gasteiger partial charge in [0.25, 0.3) is 11.6 Å². The van der Waals surface area contributed by atoms with E-state index in [0.717, 1.165) is 11.1 Å². The van der Waals surface area contributed by atoms with Crippen LogP contribution in [0.5, 0.6) is 0 Å². The highest BCUT2D eigenvalue weighted by Crippen LogP contribution is 2.20. The molecule has 0 spiro atoms. The van der Waals surface area contributed by atoms with Crippen LogP contribution in [0.25, 0.3) is 0 Å². The van der Waals surface area contributed by atoms with Crippen LogP contribution in [0.3, 0.4) is 0 Å². The number of terminal acetylenes is 1. The first-order valence-corrected chi connectivity index (χ1v) is 5.01. The maximum absolute atomic E-state index is 11.8. The van der Waals surface area contributed by atoms with Gasteiger partial charge in [-0.05, 0) is 6.07 Å². The number of nitrogens with two attached hydrogens (primary N) is 2. The molecule has 1 amide bonds. The SMILES string of the molecule is C#CCCN(N)C(=O)c1ccc([N+](=O)[O-])cc1N. The van der Waals surface area contributed by atoms with Crippen molar-refractivity contribution in [2.75, 3.05) is 12.3 Å². The Hall–Kier alpha value is -2.59. The number of hydrogen-bond acceptors (Lipinski definition) is 5. The number of nitro benzene ring substituents is 1. The summed E-state index contributed by atoms with van der Waals surface area (Å²) >= 11 is 0. The van der Waals surface area contributed by atoms with Crippen LogP contribution in [-0.2, 0) is 0 Å². The minimum atomic E-state index is -0.594. The lowest BCUT2D eigenvalue weighted by atomic mass is 10.1. The summed E-state index contributed by atoms with van der Waals surface area (Å²) in [6.07, 6.45) is 5.37. The number of hydrogen-bond donors (Lipinski definition) is 2. The number of carbonyl (C=O) groups is 1. The van der Waals surface area contributed by atoms with Crippen molar-refractivity contribution in [2.45, 2.75) is 6.42 Å². The van der Waals surface area contributed by atoms with Crippen molar-refractivity contribution in [3.63, 3.8) is 0 Å². The lowest BCUT2D eigenvalue weighted by molar-refractivity contribution is -0.384. The summed E-state index contributed by atoms with van der Waals surface area (Å²) in [5.41, 5.74) is 5.51. The number of anilines is 1. The molecule has 0 aliphatic carbocycles. The third kappa shape index (κ3) is 2.96. The number of hydrazine groups is 1. The molecular weight excluding hydrogens is 236 g/mol. The molecule has 7 heteroatoms. The predicted molar refractivity (Wildman–Crippen MR) is 66.2 cm³/mol. The number of non-ortho nitro benzene ring substituents is 1. The lowest BCUT2D eigenvalue weighted by Crippen LogP contribution is -2.38. The molecule has 0 saturated carbocycles. The van der Waals surface area contributed by atoms with E-state index in [4.69, 9.17) is 18.0 Å². The molecule has 0 fully saturated rings. The first-order valence-electron chi connectivity index (χ1n) is 5.01. The molecule has 0 radical (unpaired) electrons. The molecule has 7 nitrogen and oxygen atoms in total. The second-order valence-electron chi connectivity index (χ2n) is 3.48. The summed E-state index contributed by atoms with van der Waals surface area (Å²) in [5.74, 6) is 7.32. The zero-order valence-corrected chi connectivity index (χ0v) is 9.50. The standard InChI is InChI=1S/C11H12N4O3/c1-2-3-6-14(13)11(16)9-5-4-8(15(17)18)7-10(9)12/h1,4-5,7H,3,6,12-13H2. The predicted octanol–water partition coefficient (Wildman–Crippen LogP) is 0.516.